The Bertz CT molecular complexity index is 1150. The van der Waals surface area contributed by atoms with Crippen molar-refractivity contribution >= 4 is 30.9 Å². The van der Waals surface area contributed by atoms with Crippen molar-refractivity contribution in [3.8, 4) is 11.5 Å². The number of aromatic nitrogens is 1. The zero-order valence-corrected chi connectivity index (χ0v) is 25.0. The molecule has 0 unspecified atom stereocenters. The third kappa shape index (κ3) is 5.51. The molecule has 1 aromatic heterocycles. The molecule has 0 bridgehead atoms. The molecule has 202 valence electrons. The first kappa shape index (κ1) is 29.0. The van der Waals surface area contributed by atoms with Gasteiger partial charge in [-0.3, -0.25) is 14.5 Å². The summed E-state index contributed by atoms with van der Waals surface area (Å²) in [5, 5.41) is 1.11. The van der Waals surface area contributed by atoms with Crippen molar-refractivity contribution in [1.29, 1.82) is 0 Å². The van der Waals surface area contributed by atoms with Gasteiger partial charge in [0.1, 0.15) is 14.1 Å². The van der Waals surface area contributed by atoms with E-state index in [2.05, 4.69) is 81.9 Å². The van der Waals surface area contributed by atoms with Crippen LogP contribution in [0.15, 0.2) is 24.3 Å². The second-order valence-electron chi connectivity index (χ2n) is 11.2. The zero-order chi connectivity index (χ0) is 27.5. The number of H-pyrrole nitrogens is 1. The minimum absolute atomic E-state index is 0.197. The molecule has 3 rings (SSSR count). The number of carbonyl (C=O) groups is 2. The van der Waals surface area contributed by atoms with Crippen molar-refractivity contribution < 1.29 is 19.1 Å². The molecule has 0 radical (unpaired) electrons. The van der Waals surface area contributed by atoms with Crippen molar-refractivity contribution in [3.63, 3.8) is 0 Å². The van der Waals surface area contributed by atoms with Crippen LogP contribution in [0.3, 0.4) is 0 Å². The van der Waals surface area contributed by atoms with E-state index in [-0.39, 0.29) is 30.4 Å². The fraction of sp³-hybridized carbons (Fsp3) is 0.600. The van der Waals surface area contributed by atoms with E-state index in [9.17, 15) is 9.59 Å². The fourth-order valence-electron chi connectivity index (χ4n) is 6.66. The molecule has 1 aliphatic heterocycles. The van der Waals surface area contributed by atoms with E-state index in [4.69, 9.17) is 9.47 Å². The number of rotatable bonds is 8. The van der Waals surface area contributed by atoms with Gasteiger partial charge in [0.05, 0.1) is 26.3 Å². The molecule has 0 amide bonds. The largest absolute Gasteiger partial charge is 0.469 e. The molecule has 0 spiro atoms. The van der Waals surface area contributed by atoms with Gasteiger partial charge in [-0.25, -0.2) is 0 Å². The number of para-hydroxylation sites is 1. The molecular weight excluding hydrogens is 480 g/mol. The van der Waals surface area contributed by atoms with Gasteiger partial charge in [-0.15, -0.1) is 5.54 Å². The average molecular weight is 525 g/mol. The van der Waals surface area contributed by atoms with Gasteiger partial charge in [0.15, 0.2) is 0 Å². The smallest absolute Gasteiger partial charge is 0.323 e. The number of fused-ring (bicyclic) bond motifs is 3. The van der Waals surface area contributed by atoms with Gasteiger partial charge in [0, 0.05) is 29.4 Å². The van der Waals surface area contributed by atoms with Crippen molar-refractivity contribution in [3.05, 3.63) is 35.5 Å². The molecule has 6 nitrogen and oxygen atoms in total. The first-order valence-electron chi connectivity index (χ1n) is 13.5. The first-order chi connectivity index (χ1) is 17.5. The number of hydrogen-bond donors (Lipinski definition) is 1. The maximum absolute atomic E-state index is 13.2. The Morgan fingerprint density at radius 1 is 1.03 bits per heavy atom. The maximum Gasteiger partial charge on any atom is 0.323 e. The van der Waals surface area contributed by atoms with E-state index in [1.54, 1.807) is 0 Å². The highest BCUT2D eigenvalue weighted by atomic mass is 28.3. The SMILES string of the molecule is COC(=O)CC[C@@H]1c2[nH]c3ccccc3c2C[C@@H](C(=O)OC)N1[C@@H](C)C#C[Si](C(C)C)(C(C)C)C(C)C. The Balaban J connectivity index is 2.16. The van der Waals surface area contributed by atoms with E-state index in [1.807, 2.05) is 12.1 Å². The minimum Gasteiger partial charge on any atom is -0.469 e. The lowest BCUT2D eigenvalue weighted by Gasteiger charge is -2.43. The molecule has 2 aromatic rings. The van der Waals surface area contributed by atoms with E-state index in [1.165, 1.54) is 14.2 Å². The predicted octanol–water partition coefficient (Wildman–Crippen LogP) is 6.17. The lowest BCUT2D eigenvalue weighted by atomic mass is 9.88. The maximum atomic E-state index is 13.2. The number of benzene rings is 1. The van der Waals surface area contributed by atoms with Crippen LogP contribution in [0.4, 0.5) is 0 Å². The van der Waals surface area contributed by atoms with Gasteiger partial charge >= 0.3 is 11.9 Å². The van der Waals surface area contributed by atoms with Crippen molar-refractivity contribution in [2.24, 2.45) is 0 Å². The van der Waals surface area contributed by atoms with Gasteiger partial charge in [0.2, 0.25) is 0 Å². The second kappa shape index (κ2) is 11.9. The standard InChI is InChI=1S/C30H44N2O4Si/c1-19(2)37(20(3)4,21(5)6)17-16-22(7)32-26(14-15-28(33)35-8)29-24(18-27(32)30(34)36-9)23-12-10-11-13-25(23)31-29/h10-13,19-22,26-27,31H,14-15,18H2,1-9H3/t22-,26+,27-/m0/s1. The van der Waals surface area contributed by atoms with E-state index in [0.717, 1.165) is 22.2 Å². The second-order valence-corrected chi connectivity index (χ2v) is 16.8. The molecule has 0 saturated heterocycles. The number of hydrogen-bond acceptors (Lipinski definition) is 5. The molecule has 2 heterocycles. The van der Waals surface area contributed by atoms with Gasteiger partial charge in [-0.1, -0.05) is 65.7 Å². The molecule has 1 aliphatic rings. The summed E-state index contributed by atoms with van der Waals surface area (Å²) in [4.78, 5) is 31.2. The van der Waals surface area contributed by atoms with Crippen molar-refractivity contribution in [2.45, 2.75) is 102 Å². The number of aromatic amines is 1. The Hall–Kier alpha value is -2.56. The molecule has 1 aromatic carbocycles. The molecule has 7 heteroatoms. The van der Waals surface area contributed by atoms with Crippen LogP contribution >= 0.6 is 0 Å². The molecule has 0 fully saturated rings. The van der Waals surface area contributed by atoms with Gasteiger partial charge in [-0.2, -0.15) is 0 Å². The Kier molecular flexibility index (Phi) is 9.30. The summed E-state index contributed by atoms with van der Waals surface area (Å²) >= 11 is 0. The Morgan fingerprint density at radius 2 is 1.65 bits per heavy atom. The normalized spacial score (nSPS) is 19.0. The van der Waals surface area contributed by atoms with Crippen molar-refractivity contribution in [1.82, 2.24) is 9.88 Å². The Labute approximate surface area is 223 Å². The molecular formula is C30H44N2O4Si. The van der Waals surface area contributed by atoms with Gasteiger partial charge < -0.3 is 14.5 Å². The molecule has 37 heavy (non-hydrogen) atoms. The van der Waals surface area contributed by atoms with E-state index in [0.29, 0.717) is 29.5 Å². The topological polar surface area (TPSA) is 71.6 Å². The summed E-state index contributed by atoms with van der Waals surface area (Å²) in [6.45, 7) is 15.9. The van der Waals surface area contributed by atoms with Gasteiger partial charge in [-0.05, 0) is 41.6 Å². The zero-order valence-electron chi connectivity index (χ0n) is 24.0. The molecule has 3 atom stereocenters. The summed E-state index contributed by atoms with van der Waals surface area (Å²) < 4.78 is 10.3. The van der Waals surface area contributed by atoms with Crippen LogP contribution in [0.5, 0.6) is 0 Å². The van der Waals surface area contributed by atoms with Crippen LogP contribution in [-0.4, -0.2) is 56.2 Å². The number of ether oxygens (including phenoxy) is 2. The quantitative estimate of drug-likeness (QED) is 0.254. The molecule has 1 N–H and O–H groups in total. The summed E-state index contributed by atoms with van der Waals surface area (Å²) in [5.41, 5.74) is 8.60. The summed E-state index contributed by atoms with van der Waals surface area (Å²) in [7, 11) is 0.895. The highest BCUT2D eigenvalue weighted by Crippen LogP contribution is 2.43. The summed E-state index contributed by atoms with van der Waals surface area (Å²) in [5.74, 6) is 3.11. The lowest BCUT2D eigenvalue weighted by Crippen LogP contribution is -2.52. The third-order valence-corrected chi connectivity index (χ3v) is 14.7. The van der Waals surface area contributed by atoms with Crippen LogP contribution in [0, 0.1) is 11.5 Å². The fourth-order valence-corrected chi connectivity index (χ4v) is 12.0. The number of methoxy groups -OCH3 is 2. The molecule has 0 saturated carbocycles. The lowest BCUT2D eigenvalue weighted by molar-refractivity contribution is -0.149. The van der Waals surface area contributed by atoms with Crippen LogP contribution in [0.25, 0.3) is 10.9 Å². The van der Waals surface area contributed by atoms with Crippen LogP contribution < -0.4 is 0 Å². The number of nitrogens with one attached hydrogen (secondary N) is 1. The highest BCUT2D eigenvalue weighted by molar-refractivity contribution is 6.90. The third-order valence-electron chi connectivity index (χ3n) is 8.43. The average Bonchev–Trinajstić information content (AvgIpc) is 3.24. The minimum atomic E-state index is -1.96. The Morgan fingerprint density at radius 3 is 2.22 bits per heavy atom. The number of carbonyl (C=O) groups excluding carboxylic acids is 2. The van der Waals surface area contributed by atoms with Crippen LogP contribution in [-0.2, 0) is 25.5 Å². The highest BCUT2D eigenvalue weighted by Gasteiger charge is 2.44. The first-order valence-corrected chi connectivity index (χ1v) is 15.8. The predicted molar refractivity (Wildman–Crippen MR) is 152 cm³/mol. The van der Waals surface area contributed by atoms with Crippen LogP contribution in [0.2, 0.25) is 16.6 Å². The summed E-state index contributed by atoms with van der Waals surface area (Å²) in [6, 6.07) is 7.28. The van der Waals surface area contributed by atoms with Gasteiger partial charge in [0.25, 0.3) is 0 Å². The van der Waals surface area contributed by atoms with Crippen molar-refractivity contribution in [2.75, 3.05) is 14.2 Å². The summed E-state index contributed by atoms with van der Waals surface area (Å²) in [6.07, 6.45) is 1.31. The number of nitrogens with zero attached hydrogens (tertiary/aromatic N) is 1. The van der Waals surface area contributed by atoms with E-state index >= 15 is 0 Å². The molecule has 0 aliphatic carbocycles. The van der Waals surface area contributed by atoms with Crippen LogP contribution in [0.1, 0.15) is 78.6 Å². The van der Waals surface area contributed by atoms with E-state index < -0.39 is 14.1 Å². The number of esters is 2. The monoisotopic (exact) mass is 524 g/mol.